The van der Waals surface area contributed by atoms with Crippen molar-refractivity contribution in [2.24, 2.45) is 0 Å². The van der Waals surface area contributed by atoms with Crippen LogP contribution >= 0.6 is 0 Å². The van der Waals surface area contributed by atoms with Crippen molar-refractivity contribution in [3.63, 3.8) is 0 Å². The van der Waals surface area contributed by atoms with E-state index < -0.39 is 0 Å². The molecule has 2 rings (SSSR count). The Hall–Kier alpha value is -1.79. The molecule has 3 heteroatoms. The molecule has 1 aliphatic carbocycles. The molecule has 1 saturated carbocycles. The highest BCUT2D eigenvalue weighted by Gasteiger charge is 2.36. The molecule has 0 spiro atoms. The third-order valence-electron chi connectivity index (χ3n) is 4.40. The third-order valence-corrected chi connectivity index (χ3v) is 4.40. The molecule has 21 heavy (non-hydrogen) atoms. The highest BCUT2D eigenvalue weighted by molar-refractivity contribution is 5.96. The number of aliphatic hydroxyl groups excluding tert-OH is 1. The van der Waals surface area contributed by atoms with E-state index in [9.17, 15) is 4.79 Å². The van der Waals surface area contributed by atoms with Gasteiger partial charge in [0.1, 0.15) is 0 Å². The Morgan fingerprint density at radius 2 is 2.19 bits per heavy atom. The second kappa shape index (κ2) is 6.78. The van der Waals surface area contributed by atoms with Gasteiger partial charge in [0.25, 0.3) is 5.91 Å². The first-order valence-electron chi connectivity index (χ1n) is 7.64. The van der Waals surface area contributed by atoms with Crippen LogP contribution in [0, 0.1) is 18.8 Å². The highest BCUT2D eigenvalue weighted by atomic mass is 16.2. The Balaban J connectivity index is 2.18. The van der Waals surface area contributed by atoms with E-state index in [1.807, 2.05) is 25.1 Å². The van der Waals surface area contributed by atoms with Gasteiger partial charge in [-0.1, -0.05) is 24.8 Å². The van der Waals surface area contributed by atoms with Gasteiger partial charge in [0, 0.05) is 23.1 Å². The van der Waals surface area contributed by atoms with Crippen molar-refractivity contribution in [1.29, 1.82) is 0 Å². The molecule has 3 nitrogen and oxygen atoms in total. The summed E-state index contributed by atoms with van der Waals surface area (Å²) in [6.45, 7) is 4.12. The summed E-state index contributed by atoms with van der Waals surface area (Å²) in [6, 6.07) is 5.63. The summed E-state index contributed by atoms with van der Waals surface area (Å²) in [5.41, 5.74) is 2.47. The largest absolute Gasteiger partial charge is 0.395 e. The quantitative estimate of drug-likeness (QED) is 0.836. The second-order valence-corrected chi connectivity index (χ2v) is 5.70. The van der Waals surface area contributed by atoms with Crippen LogP contribution in [0.4, 0.5) is 0 Å². The Kier molecular flexibility index (Phi) is 5.03. The minimum Gasteiger partial charge on any atom is -0.395 e. The summed E-state index contributed by atoms with van der Waals surface area (Å²) in [7, 11) is 0. The maximum absolute atomic E-state index is 12.5. The predicted octanol–water partition coefficient (Wildman–Crippen LogP) is 2.79. The number of hydrogen-bond acceptors (Lipinski definition) is 2. The Labute approximate surface area is 126 Å². The molecular weight excluding hydrogens is 262 g/mol. The molecule has 0 unspecified atom stereocenters. The first-order valence-corrected chi connectivity index (χ1v) is 7.64. The number of rotatable bonds is 4. The topological polar surface area (TPSA) is 49.3 Å². The van der Waals surface area contributed by atoms with Crippen LogP contribution in [0.3, 0.4) is 0 Å². The number of carbonyl (C=O) groups excluding carboxylic acids is 1. The van der Waals surface area contributed by atoms with E-state index in [1.165, 1.54) is 6.42 Å². The summed E-state index contributed by atoms with van der Waals surface area (Å²) < 4.78 is 0. The summed E-state index contributed by atoms with van der Waals surface area (Å²) in [5.74, 6) is 5.93. The third kappa shape index (κ3) is 3.46. The van der Waals surface area contributed by atoms with Crippen molar-refractivity contribution in [2.45, 2.75) is 51.5 Å². The van der Waals surface area contributed by atoms with Crippen LogP contribution < -0.4 is 5.32 Å². The van der Waals surface area contributed by atoms with E-state index in [4.69, 9.17) is 5.11 Å². The van der Waals surface area contributed by atoms with Gasteiger partial charge in [-0.3, -0.25) is 4.79 Å². The lowest BCUT2D eigenvalue weighted by atomic mass is 9.74. The zero-order valence-corrected chi connectivity index (χ0v) is 12.8. The molecule has 1 fully saturated rings. The fourth-order valence-corrected chi connectivity index (χ4v) is 2.71. The van der Waals surface area contributed by atoms with Crippen LogP contribution in [0.1, 0.15) is 60.5 Å². The van der Waals surface area contributed by atoms with Crippen LogP contribution in [0.25, 0.3) is 0 Å². The summed E-state index contributed by atoms with van der Waals surface area (Å²) in [5, 5.41) is 12.0. The van der Waals surface area contributed by atoms with E-state index in [0.717, 1.165) is 30.4 Å². The minimum atomic E-state index is -0.000131. The number of aliphatic hydroxyl groups is 1. The fourth-order valence-electron chi connectivity index (χ4n) is 2.71. The maximum atomic E-state index is 12.5. The van der Waals surface area contributed by atoms with Gasteiger partial charge < -0.3 is 10.4 Å². The smallest absolute Gasteiger partial charge is 0.252 e. The van der Waals surface area contributed by atoms with Crippen molar-refractivity contribution < 1.29 is 9.90 Å². The van der Waals surface area contributed by atoms with Crippen molar-refractivity contribution in [1.82, 2.24) is 5.32 Å². The normalized spacial score (nSPS) is 15.6. The lowest BCUT2D eigenvalue weighted by Gasteiger charge is -2.42. The molecule has 1 aromatic carbocycles. The number of benzene rings is 1. The Morgan fingerprint density at radius 1 is 1.43 bits per heavy atom. The van der Waals surface area contributed by atoms with E-state index in [1.54, 1.807) is 0 Å². The lowest BCUT2D eigenvalue weighted by molar-refractivity contribution is 0.0819. The zero-order valence-electron chi connectivity index (χ0n) is 12.8. The van der Waals surface area contributed by atoms with Gasteiger partial charge in [-0.25, -0.2) is 0 Å². The maximum Gasteiger partial charge on any atom is 0.252 e. The molecule has 0 aromatic heterocycles. The molecule has 1 amide bonds. The summed E-state index contributed by atoms with van der Waals surface area (Å²) in [6.07, 6.45) is 4.77. The van der Waals surface area contributed by atoms with Crippen molar-refractivity contribution in [2.75, 3.05) is 6.61 Å². The standard InChI is InChI=1S/C18H23NO2/c1-3-18(11-7-12-18)19-17(21)16-10-6-9-15(14(16)2)8-4-5-13-20/h6,9-10,20H,3,5,7,11-13H2,1-2H3,(H,19,21). The molecule has 2 N–H and O–H groups in total. The monoisotopic (exact) mass is 285 g/mol. The zero-order chi connectivity index (χ0) is 15.3. The molecule has 0 radical (unpaired) electrons. The first kappa shape index (κ1) is 15.6. The summed E-state index contributed by atoms with van der Waals surface area (Å²) in [4.78, 5) is 12.5. The van der Waals surface area contributed by atoms with E-state index in [0.29, 0.717) is 12.0 Å². The van der Waals surface area contributed by atoms with Crippen molar-refractivity contribution >= 4 is 5.91 Å². The van der Waals surface area contributed by atoms with Gasteiger partial charge in [0.05, 0.1) is 6.61 Å². The minimum absolute atomic E-state index is 0.000131. The Morgan fingerprint density at radius 3 is 2.76 bits per heavy atom. The van der Waals surface area contributed by atoms with E-state index >= 15 is 0 Å². The molecule has 112 valence electrons. The molecule has 0 bridgehead atoms. The van der Waals surface area contributed by atoms with Gasteiger partial charge in [0.15, 0.2) is 0 Å². The molecule has 0 saturated heterocycles. The highest BCUT2D eigenvalue weighted by Crippen LogP contribution is 2.35. The molecule has 0 aliphatic heterocycles. The first-order chi connectivity index (χ1) is 10.1. The molecule has 1 aliphatic rings. The molecule has 0 atom stereocenters. The average Bonchev–Trinajstić information content (AvgIpc) is 2.44. The lowest BCUT2D eigenvalue weighted by Crippen LogP contribution is -2.53. The molecule has 0 heterocycles. The van der Waals surface area contributed by atoms with Crippen molar-refractivity contribution in [3.05, 3.63) is 34.9 Å². The van der Waals surface area contributed by atoms with E-state index in [2.05, 4.69) is 24.1 Å². The second-order valence-electron chi connectivity index (χ2n) is 5.70. The number of carbonyl (C=O) groups is 1. The SMILES string of the molecule is CCC1(NC(=O)c2cccc(C#CCCO)c2C)CCC1. The Bertz CT molecular complexity index is 571. The van der Waals surface area contributed by atoms with Gasteiger partial charge >= 0.3 is 0 Å². The number of nitrogens with one attached hydrogen (secondary N) is 1. The van der Waals surface area contributed by atoms with Crippen LogP contribution in [-0.4, -0.2) is 23.2 Å². The van der Waals surface area contributed by atoms with Crippen LogP contribution in [0.5, 0.6) is 0 Å². The van der Waals surface area contributed by atoms with Crippen molar-refractivity contribution in [3.8, 4) is 11.8 Å². The molecule has 1 aromatic rings. The van der Waals surface area contributed by atoms with Crippen LogP contribution in [-0.2, 0) is 0 Å². The predicted molar refractivity (Wildman–Crippen MR) is 84.1 cm³/mol. The van der Waals surface area contributed by atoms with E-state index in [-0.39, 0.29) is 18.1 Å². The van der Waals surface area contributed by atoms with Crippen LogP contribution in [0.15, 0.2) is 18.2 Å². The number of hydrogen-bond donors (Lipinski definition) is 2. The molecular formula is C18H23NO2. The van der Waals surface area contributed by atoms with Gasteiger partial charge in [-0.15, -0.1) is 0 Å². The number of amides is 1. The van der Waals surface area contributed by atoms with Crippen LogP contribution in [0.2, 0.25) is 0 Å². The fraction of sp³-hybridized carbons (Fsp3) is 0.500. The van der Waals surface area contributed by atoms with Gasteiger partial charge in [-0.2, -0.15) is 0 Å². The van der Waals surface area contributed by atoms with Gasteiger partial charge in [0.2, 0.25) is 0 Å². The average molecular weight is 285 g/mol. The van der Waals surface area contributed by atoms with Gasteiger partial charge in [-0.05, 0) is 50.3 Å². The summed E-state index contributed by atoms with van der Waals surface area (Å²) >= 11 is 0.